The summed E-state index contributed by atoms with van der Waals surface area (Å²) in [5, 5.41) is 6.90. The summed E-state index contributed by atoms with van der Waals surface area (Å²) in [5.41, 5.74) is 0.818. The van der Waals surface area contributed by atoms with Crippen LogP contribution in [-0.4, -0.2) is 29.4 Å². The van der Waals surface area contributed by atoms with Gasteiger partial charge in [0.1, 0.15) is 11.9 Å². The minimum atomic E-state index is -3.43. The molecule has 7 heteroatoms. The van der Waals surface area contributed by atoms with E-state index in [2.05, 4.69) is 26.8 Å². The number of sulfonamides is 1. The van der Waals surface area contributed by atoms with Crippen LogP contribution in [0.25, 0.3) is 0 Å². The molecule has 1 aromatic carbocycles. The summed E-state index contributed by atoms with van der Waals surface area (Å²) in [4.78, 5) is 4.29. The zero-order valence-corrected chi connectivity index (χ0v) is 14.6. The molecule has 1 aromatic heterocycles. The fraction of sp³-hybridized carbons (Fsp3) is 0.500. The van der Waals surface area contributed by atoms with Gasteiger partial charge in [0.25, 0.3) is 0 Å². The predicted molar refractivity (Wildman–Crippen MR) is 90.4 cm³/mol. The highest BCUT2D eigenvalue weighted by atomic mass is 32.2. The quantitative estimate of drug-likeness (QED) is 0.775. The van der Waals surface area contributed by atoms with Gasteiger partial charge in [-0.25, -0.2) is 13.4 Å². The summed E-state index contributed by atoms with van der Waals surface area (Å²) in [6.45, 7) is 5.80. The Labute approximate surface area is 137 Å². The molecule has 0 aliphatic rings. The molecule has 0 aliphatic carbocycles. The third-order valence-electron chi connectivity index (χ3n) is 3.59. The Kier molecular flexibility index (Phi) is 5.90. The van der Waals surface area contributed by atoms with E-state index < -0.39 is 16.1 Å². The van der Waals surface area contributed by atoms with Gasteiger partial charge in [0.05, 0.1) is 5.75 Å². The van der Waals surface area contributed by atoms with Crippen LogP contribution in [0, 0.1) is 12.8 Å². The molecule has 23 heavy (non-hydrogen) atoms. The van der Waals surface area contributed by atoms with Gasteiger partial charge in [0, 0.05) is 0 Å². The SMILES string of the molecule is CCC[C@H](C)CS(=O)(=O)N[C@H](c1ccccc1)c1n[nH]c(C)n1. The second-order valence-electron chi connectivity index (χ2n) is 5.92. The van der Waals surface area contributed by atoms with Crippen molar-refractivity contribution in [2.45, 2.75) is 39.7 Å². The number of rotatable bonds is 8. The first-order chi connectivity index (χ1) is 10.9. The molecule has 2 N–H and O–H groups in total. The van der Waals surface area contributed by atoms with E-state index >= 15 is 0 Å². The van der Waals surface area contributed by atoms with Gasteiger partial charge in [-0.3, -0.25) is 5.10 Å². The Morgan fingerprint density at radius 2 is 1.96 bits per heavy atom. The third kappa shape index (κ3) is 5.14. The van der Waals surface area contributed by atoms with Gasteiger partial charge in [0.2, 0.25) is 10.0 Å². The Bertz CT molecular complexity index is 713. The maximum atomic E-state index is 12.5. The normalized spacial score (nSPS) is 14.6. The van der Waals surface area contributed by atoms with Crippen LogP contribution in [0.4, 0.5) is 0 Å². The van der Waals surface area contributed by atoms with Crippen LogP contribution in [0.15, 0.2) is 30.3 Å². The van der Waals surface area contributed by atoms with Crippen molar-refractivity contribution in [1.29, 1.82) is 0 Å². The molecule has 0 amide bonds. The minimum Gasteiger partial charge on any atom is -0.263 e. The highest BCUT2D eigenvalue weighted by Crippen LogP contribution is 2.21. The molecular weight excluding hydrogens is 312 g/mol. The van der Waals surface area contributed by atoms with Crippen molar-refractivity contribution < 1.29 is 8.42 Å². The minimum absolute atomic E-state index is 0.105. The number of hydrogen-bond donors (Lipinski definition) is 2. The Morgan fingerprint density at radius 3 is 2.52 bits per heavy atom. The van der Waals surface area contributed by atoms with Crippen LogP contribution in [0.5, 0.6) is 0 Å². The summed E-state index contributed by atoms with van der Waals surface area (Å²) in [6, 6.07) is 8.79. The maximum absolute atomic E-state index is 12.5. The van der Waals surface area contributed by atoms with Crippen molar-refractivity contribution in [1.82, 2.24) is 19.9 Å². The summed E-state index contributed by atoms with van der Waals surface area (Å²) in [6.07, 6.45) is 1.86. The number of nitrogens with zero attached hydrogens (tertiary/aromatic N) is 2. The number of benzene rings is 1. The van der Waals surface area contributed by atoms with Gasteiger partial charge >= 0.3 is 0 Å². The molecule has 0 spiro atoms. The van der Waals surface area contributed by atoms with E-state index in [0.717, 1.165) is 18.4 Å². The zero-order chi connectivity index (χ0) is 16.9. The highest BCUT2D eigenvalue weighted by molar-refractivity contribution is 7.89. The summed E-state index contributed by atoms with van der Waals surface area (Å²) in [7, 11) is -3.43. The number of H-pyrrole nitrogens is 1. The summed E-state index contributed by atoms with van der Waals surface area (Å²) >= 11 is 0. The van der Waals surface area contributed by atoms with E-state index in [1.165, 1.54) is 0 Å². The molecule has 2 aromatic rings. The number of aromatic nitrogens is 3. The second kappa shape index (κ2) is 7.70. The average molecular weight is 336 g/mol. The van der Waals surface area contributed by atoms with Crippen molar-refractivity contribution in [3.05, 3.63) is 47.5 Å². The zero-order valence-electron chi connectivity index (χ0n) is 13.8. The van der Waals surface area contributed by atoms with E-state index in [1.807, 2.05) is 37.3 Å². The lowest BCUT2D eigenvalue weighted by Crippen LogP contribution is -2.34. The molecule has 0 aliphatic heterocycles. The number of hydrogen-bond acceptors (Lipinski definition) is 4. The molecule has 0 fully saturated rings. The molecule has 6 nitrogen and oxygen atoms in total. The smallest absolute Gasteiger partial charge is 0.212 e. The summed E-state index contributed by atoms with van der Waals surface area (Å²) < 4.78 is 27.8. The van der Waals surface area contributed by atoms with E-state index in [-0.39, 0.29) is 11.7 Å². The molecule has 1 heterocycles. The van der Waals surface area contributed by atoms with Crippen LogP contribution in [0.3, 0.4) is 0 Å². The van der Waals surface area contributed by atoms with E-state index in [0.29, 0.717) is 11.6 Å². The van der Waals surface area contributed by atoms with Crippen LogP contribution in [0.1, 0.15) is 49.9 Å². The van der Waals surface area contributed by atoms with Crippen molar-refractivity contribution >= 4 is 10.0 Å². The average Bonchev–Trinajstić information content (AvgIpc) is 2.92. The molecular formula is C16H24N4O2S. The monoisotopic (exact) mass is 336 g/mol. The molecule has 0 saturated heterocycles. The van der Waals surface area contributed by atoms with Crippen molar-refractivity contribution in [3.8, 4) is 0 Å². The summed E-state index contributed by atoms with van der Waals surface area (Å²) in [5.74, 6) is 1.30. The fourth-order valence-electron chi connectivity index (χ4n) is 2.58. The predicted octanol–water partition coefficient (Wildman–Crippen LogP) is 2.56. The molecule has 2 atom stereocenters. The lowest BCUT2D eigenvalue weighted by atomic mass is 10.1. The number of aryl methyl sites for hydroxylation is 1. The molecule has 0 saturated carbocycles. The lowest BCUT2D eigenvalue weighted by Gasteiger charge is -2.18. The Balaban J connectivity index is 2.25. The second-order valence-corrected chi connectivity index (χ2v) is 7.71. The fourth-order valence-corrected chi connectivity index (χ4v) is 4.20. The largest absolute Gasteiger partial charge is 0.263 e. The number of aromatic amines is 1. The topological polar surface area (TPSA) is 87.7 Å². The van der Waals surface area contributed by atoms with Gasteiger partial charge in [-0.2, -0.15) is 9.82 Å². The van der Waals surface area contributed by atoms with Gasteiger partial charge in [-0.05, 0) is 24.8 Å². The molecule has 126 valence electrons. The van der Waals surface area contributed by atoms with Crippen molar-refractivity contribution in [2.24, 2.45) is 5.92 Å². The lowest BCUT2D eigenvalue weighted by molar-refractivity contribution is 0.528. The van der Waals surface area contributed by atoms with Gasteiger partial charge in [-0.1, -0.05) is 50.6 Å². The maximum Gasteiger partial charge on any atom is 0.212 e. The van der Waals surface area contributed by atoms with E-state index in [4.69, 9.17) is 0 Å². The van der Waals surface area contributed by atoms with Gasteiger partial charge in [0.15, 0.2) is 5.82 Å². The first-order valence-corrected chi connectivity index (χ1v) is 9.50. The van der Waals surface area contributed by atoms with Crippen LogP contribution in [-0.2, 0) is 10.0 Å². The van der Waals surface area contributed by atoms with Crippen molar-refractivity contribution in [2.75, 3.05) is 5.75 Å². The molecule has 2 rings (SSSR count). The number of nitrogens with one attached hydrogen (secondary N) is 2. The first kappa shape index (κ1) is 17.6. The van der Waals surface area contributed by atoms with Gasteiger partial charge < -0.3 is 0 Å². The van der Waals surface area contributed by atoms with Gasteiger partial charge in [-0.15, -0.1) is 0 Å². The Hall–Kier alpha value is -1.73. The molecule has 0 unspecified atom stereocenters. The van der Waals surface area contributed by atoms with Crippen LogP contribution >= 0.6 is 0 Å². The molecule has 0 radical (unpaired) electrons. The Morgan fingerprint density at radius 1 is 1.26 bits per heavy atom. The standard InChI is InChI=1S/C16H24N4O2S/c1-4-8-12(2)11-23(21,22)20-15(14-9-6-5-7-10-14)16-17-13(3)18-19-16/h5-7,9-10,12,15,20H,4,8,11H2,1-3H3,(H,17,18,19)/t12-,15+/m0/s1. The third-order valence-corrected chi connectivity index (χ3v) is 5.19. The van der Waals surface area contributed by atoms with E-state index in [9.17, 15) is 8.42 Å². The van der Waals surface area contributed by atoms with E-state index in [1.54, 1.807) is 6.92 Å². The highest BCUT2D eigenvalue weighted by Gasteiger charge is 2.25. The first-order valence-electron chi connectivity index (χ1n) is 7.85. The van der Waals surface area contributed by atoms with Crippen LogP contribution < -0.4 is 4.72 Å². The van der Waals surface area contributed by atoms with Crippen molar-refractivity contribution in [3.63, 3.8) is 0 Å². The van der Waals surface area contributed by atoms with Crippen LogP contribution in [0.2, 0.25) is 0 Å². The molecule has 0 bridgehead atoms.